The molecule has 0 bridgehead atoms. The van der Waals surface area contributed by atoms with Gasteiger partial charge in [-0.15, -0.1) is 0 Å². The minimum absolute atomic E-state index is 0.0641. The zero-order valence-electron chi connectivity index (χ0n) is 41.8. The predicted octanol–water partition coefficient (Wildman–Crippen LogP) is 17.7. The summed E-state index contributed by atoms with van der Waals surface area (Å²) in [5.74, 6) is 0.844. The van der Waals surface area contributed by atoms with Crippen molar-refractivity contribution in [2.75, 3.05) is 13.2 Å². The Morgan fingerprint density at radius 1 is 0.328 bits per heavy atom. The van der Waals surface area contributed by atoms with Gasteiger partial charge in [0.05, 0.1) is 0 Å². The molecule has 0 saturated carbocycles. The Morgan fingerprint density at radius 3 is 0.852 bits per heavy atom. The van der Waals surface area contributed by atoms with Crippen molar-refractivity contribution in [1.29, 1.82) is 0 Å². The maximum atomic E-state index is 12.8. The fourth-order valence-electron chi connectivity index (χ4n) is 8.28. The Hall–Kier alpha value is -1.59. The molecule has 0 aromatic heterocycles. The molecule has 0 rings (SSSR count). The van der Waals surface area contributed by atoms with Crippen LogP contribution in [-0.4, -0.2) is 37.2 Å². The summed E-state index contributed by atoms with van der Waals surface area (Å²) in [6, 6.07) is 0. The van der Waals surface area contributed by atoms with Gasteiger partial charge in [-0.1, -0.05) is 266 Å². The molecule has 2 unspecified atom stereocenters. The molecule has 0 fully saturated rings. The van der Waals surface area contributed by atoms with Gasteiger partial charge in [0, 0.05) is 19.3 Å². The first-order valence-electron chi connectivity index (χ1n) is 27.3. The van der Waals surface area contributed by atoms with Crippen LogP contribution in [-0.2, 0) is 28.6 Å². The molecular formula is C55H106O6. The third-order valence-corrected chi connectivity index (χ3v) is 13.2. The van der Waals surface area contributed by atoms with Crippen LogP contribution in [0.4, 0.5) is 0 Å². The zero-order chi connectivity index (χ0) is 44.7. The molecule has 0 aliphatic heterocycles. The van der Waals surface area contributed by atoms with Gasteiger partial charge in [-0.25, -0.2) is 0 Å². The molecular weight excluding hydrogens is 757 g/mol. The number of esters is 3. The average Bonchev–Trinajstić information content (AvgIpc) is 3.26. The number of ether oxygens (including phenoxy) is 3. The Labute approximate surface area is 380 Å². The van der Waals surface area contributed by atoms with E-state index in [1.807, 2.05) is 0 Å². The second-order valence-electron chi connectivity index (χ2n) is 19.4. The lowest BCUT2D eigenvalue weighted by Crippen LogP contribution is -2.30. The van der Waals surface area contributed by atoms with Gasteiger partial charge in [0.2, 0.25) is 0 Å². The first kappa shape index (κ1) is 59.4. The Morgan fingerprint density at radius 2 is 0.574 bits per heavy atom. The fourth-order valence-corrected chi connectivity index (χ4v) is 8.28. The van der Waals surface area contributed by atoms with Crippen molar-refractivity contribution >= 4 is 17.9 Å². The van der Waals surface area contributed by atoms with Crippen molar-refractivity contribution in [3.05, 3.63) is 0 Å². The van der Waals surface area contributed by atoms with Crippen molar-refractivity contribution < 1.29 is 28.6 Å². The number of rotatable bonds is 49. The van der Waals surface area contributed by atoms with Crippen LogP contribution in [0.1, 0.15) is 304 Å². The van der Waals surface area contributed by atoms with Crippen LogP contribution in [0.25, 0.3) is 0 Å². The van der Waals surface area contributed by atoms with Gasteiger partial charge in [0.15, 0.2) is 6.10 Å². The molecule has 6 nitrogen and oxygen atoms in total. The summed E-state index contributed by atoms with van der Waals surface area (Å²) in [7, 11) is 0. The first-order valence-corrected chi connectivity index (χ1v) is 27.3. The smallest absolute Gasteiger partial charge is 0.306 e. The highest BCUT2D eigenvalue weighted by atomic mass is 16.6. The van der Waals surface area contributed by atoms with Crippen LogP contribution in [0.3, 0.4) is 0 Å². The maximum absolute atomic E-state index is 12.8. The van der Waals surface area contributed by atoms with Crippen LogP contribution in [0.15, 0.2) is 0 Å². The summed E-state index contributed by atoms with van der Waals surface area (Å²) in [6.45, 7) is 11.4. The van der Waals surface area contributed by atoms with Crippen molar-refractivity contribution in [1.82, 2.24) is 0 Å². The first-order chi connectivity index (χ1) is 29.8. The molecule has 0 heterocycles. The third kappa shape index (κ3) is 46.2. The molecule has 0 N–H and O–H groups in total. The van der Waals surface area contributed by atoms with Gasteiger partial charge in [-0.2, -0.15) is 0 Å². The van der Waals surface area contributed by atoms with Gasteiger partial charge in [-0.05, 0) is 31.1 Å². The van der Waals surface area contributed by atoms with E-state index >= 15 is 0 Å². The van der Waals surface area contributed by atoms with Crippen molar-refractivity contribution in [2.45, 2.75) is 310 Å². The predicted molar refractivity (Wildman–Crippen MR) is 261 cm³/mol. The second kappa shape index (κ2) is 47.9. The van der Waals surface area contributed by atoms with Crippen LogP contribution >= 0.6 is 0 Å². The van der Waals surface area contributed by atoms with E-state index in [1.165, 1.54) is 193 Å². The fraction of sp³-hybridized carbons (Fsp3) is 0.945. The molecule has 0 radical (unpaired) electrons. The molecule has 362 valence electrons. The van der Waals surface area contributed by atoms with E-state index in [1.54, 1.807) is 0 Å². The van der Waals surface area contributed by atoms with E-state index in [0.717, 1.165) is 69.6 Å². The Balaban J connectivity index is 4.26. The lowest BCUT2D eigenvalue weighted by atomic mass is 9.99. The molecule has 0 aromatic carbocycles. The number of carbonyl (C=O) groups is 3. The number of hydrogen-bond acceptors (Lipinski definition) is 6. The number of unbranched alkanes of at least 4 members (excludes halogenated alkanes) is 32. The molecule has 0 spiro atoms. The maximum Gasteiger partial charge on any atom is 0.306 e. The third-order valence-electron chi connectivity index (χ3n) is 13.2. The minimum atomic E-state index is -0.763. The van der Waals surface area contributed by atoms with E-state index < -0.39 is 6.10 Å². The van der Waals surface area contributed by atoms with Crippen LogP contribution in [0.5, 0.6) is 0 Å². The van der Waals surface area contributed by atoms with Crippen molar-refractivity contribution in [3.8, 4) is 0 Å². The summed E-state index contributed by atoms with van der Waals surface area (Å²) in [5, 5.41) is 0. The quantitative estimate of drug-likeness (QED) is 0.0344. The molecule has 0 aromatic rings. The lowest BCUT2D eigenvalue weighted by Gasteiger charge is -2.18. The molecule has 0 saturated heterocycles. The van der Waals surface area contributed by atoms with Crippen LogP contribution in [0, 0.1) is 11.8 Å². The monoisotopic (exact) mass is 863 g/mol. The van der Waals surface area contributed by atoms with Gasteiger partial charge in [0.25, 0.3) is 0 Å². The SMILES string of the molecule is CCCCCCCCCCCCCCCCCCCCCC(=O)OC[C@@H](COC(=O)CCCCCCCCCCC(C)CC)OC(=O)CCCCCCCCCCC(C)CC. The highest BCUT2D eigenvalue weighted by Gasteiger charge is 2.19. The topological polar surface area (TPSA) is 78.9 Å². The Bertz CT molecular complexity index is 935. The van der Waals surface area contributed by atoms with E-state index in [9.17, 15) is 14.4 Å². The van der Waals surface area contributed by atoms with E-state index in [4.69, 9.17) is 14.2 Å². The average molecular weight is 863 g/mol. The van der Waals surface area contributed by atoms with Gasteiger partial charge >= 0.3 is 17.9 Å². The number of carbonyl (C=O) groups excluding carboxylic acids is 3. The molecule has 61 heavy (non-hydrogen) atoms. The largest absolute Gasteiger partial charge is 0.462 e. The van der Waals surface area contributed by atoms with E-state index in [2.05, 4.69) is 34.6 Å². The van der Waals surface area contributed by atoms with Gasteiger partial charge in [-0.3, -0.25) is 14.4 Å². The highest BCUT2D eigenvalue weighted by Crippen LogP contribution is 2.18. The molecule has 3 atom stereocenters. The lowest BCUT2D eigenvalue weighted by molar-refractivity contribution is -0.167. The molecule has 0 amide bonds. The summed E-state index contributed by atoms with van der Waals surface area (Å²) >= 11 is 0. The second-order valence-corrected chi connectivity index (χ2v) is 19.4. The summed E-state index contributed by atoms with van der Waals surface area (Å²) in [6.07, 6.45) is 49.4. The van der Waals surface area contributed by atoms with Gasteiger partial charge < -0.3 is 14.2 Å². The summed E-state index contributed by atoms with van der Waals surface area (Å²) < 4.78 is 16.8. The number of hydrogen-bond donors (Lipinski definition) is 0. The summed E-state index contributed by atoms with van der Waals surface area (Å²) in [4.78, 5) is 38.0. The standard InChI is InChI=1S/C55H106O6/c1-6-9-10-11-12-13-14-15-16-17-18-19-20-21-22-23-30-35-40-45-53(56)59-48-52(61-55(58)47-42-37-32-27-25-29-34-39-44-51(5)8-3)49-60-54(57)46-41-36-31-26-24-28-33-38-43-50(4)7-2/h50-52H,6-49H2,1-5H3/t50?,51?,52-/m0/s1. The zero-order valence-corrected chi connectivity index (χ0v) is 41.8. The van der Waals surface area contributed by atoms with Crippen LogP contribution in [0.2, 0.25) is 0 Å². The van der Waals surface area contributed by atoms with Gasteiger partial charge in [0.1, 0.15) is 13.2 Å². The minimum Gasteiger partial charge on any atom is -0.462 e. The van der Waals surface area contributed by atoms with Crippen molar-refractivity contribution in [2.24, 2.45) is 11.8 Å². The van der Waals surface area contributed by atoms with E-state index in [0.29, 0.717) is 19.3 Å². The Kier molecular flexibility index (Phi) is 46.6. The van der Waals surface area contributed by atoms with Crippen LogP contribution < -0.4 is 0 Å². The normalized spacial score (nSPS) is 12.9. The highest BCUT2D eigenvalue weighted by molar-refractivity contribution is 5.71. The van der Waals surface area contributed by atoms with E-state index in [-0.39, 0.29) is 31.1 Å². The molecule has 0 aliphatic rings. The molecule has 0 aliphatic carbocycles. The molecule has 6 heteroatoms. The van der Waals surface area contributed by atoms with Crippen molar-refractivity contribution in [3.63, 3.8) is 0 Å². The summed E-state index contributed by atoms with van der Waals surface area (Å²) in [5.41, 5.74) is 0.